The van der Waals surface area contributed by atoms with Gasteiger partial charge in [0.2, 0.25) is 9.84 Å². The zero-order chi connectivity index (χ0) is 19.2. The van der Waals surface area contributed by atoms with Gasteiger partial charge in [-0.25, -0.2) is 8.42 Å². The van der Waals surface area contributed by atoms with E-state index in [1.807, 2.05) is 0 Å². The number of alkyl halides is 2. The van der Waals surface area contributed by atoms with Gasteiger partial charge in [0.15, 0.2) is 0 Å². The first kappa shape index (κ1) is 20.7. The van der Waals surface area contributed by atoms with Gasteiger partial charge in [-0.15, -0.1) is 0 Å². The van der Waals surface area contributed by atoms with E-state index in [0.29, 0.717) is 6.54 Å². The third kappa shape index (κ3) is 5.46. The maximum Gasteiger partial charge on any atom is 0.341 e. The Kier molecular flexibility index (Phi) is 7.48. The number of rotatable bonds is 8. The molecule has 0 aliphatic carbocycles. The lowest BCUT2D eigenvalue weighted by molar-refractivity contribution is 0.0948. The number of nitrogens with one attached hydrogen (secondary N) is 1. The molecule has 1 heterocycles. The molecule has 9 heteroatoms. The first-order chi connectivity index (χ1) is 12.3. The SMILES string of the molecule is CCN1CCN(CCCNC(=O)c2ccc(S(=O)(=O)C(F)F)cc2)CC1. The van der Waals surface area contributed by atoms with Gasteiger partial charge in [0, 0.05) is 38.3 Å². The third-order valence-corrected chi connectivity index (χ3v) is 5.93. The van der Waals surface area contributed by atoms with E-state index in [-0.39, 0.29) is 11.5 Å². The highest BCUT2D eigenvalue weighted by Gasteiger charge is 2.26. The summed E-state index contributed by atoms with van der Waals surface area (Å²) in [5.74, 6) is -3.82. The summed E-state index contributed by atoms with van der Waals surface area (Å²) in [4.78, 5) is 16.3. The number of sulfone groups is 1. The van der Waals surface area contributed by atoms with Crippen molar-refractivity contribution in [2.75, 3.05) is 45.8 Å². The van der Waals surface area contributed by atoms with Crippen LogP contribution in [0.2, 0.25) is 0 Å². The van der Waals surface area contributed by atoms with E-state index < -0.39 is 20.5 Å². The van der Waals surface area contributed by atoms with Gasteiger partial charge >= 0.3 is 5.76 Å². The van der Waals surface area contributed by atoms with Crippen molar-refractivity contribution in [3.05, 3.63) is 29.8 Å². The summed E-state index contributed by atoms with van der Waals surface area (Å²) in [5.41, 5.74) is 0.245. The quantitative estimate of drug-likeness (QED) is 0.682. The lowest BCUT2D eigenvalue weighted by Gasteiger charge is -2.33. The molecule has 0 unspecified atom stereocenters. The second kappa shape index (κ2) is 9.38. The largest absolute Gasteiger partial charge is 0.352 e. The van der Waals surface area contributed by atoms with Crippen LogP contribution in [0.3, 0.4) is 0 Å². The smallest absolute Gasteiger partial charge is 0.341 e. The molecule has 0 atom stereocenters. The number of benzene rings is 1. The number of carbonyl (C=O) groups is 1. The molecule has 1 aromatic rings. The van der Waals surface area contributed by atoms with Crippen molar-refractivity contribution in [3.8, 4) is 0 Å². The van der Waals surface area contributed by atoms with Crippen molar-refractivity contribution in [1.29, 1.82) is 0 Å². The maximum absolute atomic E-state index is 12.5. The maximum atomic E-state index is 12.5. The highest BCUT2D eigenvalue weighted by atomic mass is 32.2. The van der Waals surface area contributed by atoms with Gasteiger partial charge in [0.05, 0.1) is 4.90 Å². The van der Waals surface area contributed by atoms with Crippen LogP contribution in [-0.4, -0.2) is 75.7 Å². The minimum absolute atomic E-state index is 0.245. The Morgan fingerprint density at radius 1 is 1.12 bits per heavy atom. The molecular weight excluding hydrogens is 364 g/mol. The Morgan fingerprint density at radius 3 is 2.23 bits per heavy atom. The lowest BCUT2D eigenvalue weighted by Crippen LogP contribution is -2.46. The monoisotopic (exact) mass is 389 g/mol. The van der Waals surface area contributed by atoms with Crippen molar-refractivity contribution in [3.63, 3.8) is 0 Å². The van der Waals surface area contributed by atoms with Gasteiger partial charge in [-0.3, -0.25) is 4.79 Å². The number of hydrogen-bond acceptors (Lipinski definition) is 5. The molecule has 1 aliphatic heterocycles. The standard InChI is InChI=1S/C17H25F2N3O3S/c1-2-21-10-12-22(13-11-21)9-3-8-20-16(23)14-4-6-15(7-5-14)26(24,25)17(18)19/h4-7,17H,2-3,8-13H2,1H3,(H,20,23). The number of halogens is 2. The van der Waals surface area contributed by atoms with Crippen LogP contribution in [0.15, 0.2) is 29.2 Å². The molecule has 0 radical (unpaired) electrons. The molecule has 1 fully saturated rings. The molecule has 2 rings (SSSR count). The number of carbonyl (C=O) groups excluding carboxylic acids is 1. The fourth-order valence-electron chi connectivity index (χ4n) is 2.83. The Balaban J connectivity index is 1.75. The fraction of sp³-hybridized carbons (Fsp3) is 0.588. The summed E-state index contributed by atoms with van der Waals surface area (Å²) in [7, 11) is -4.63. The summed E-state index contributed by atoms with van der Waals surface area (Å²) in [5, 5.41) is 2.77. The summed E-state index contributed by atoms with van der Waals surface area (Å²) in [6.45, 7) is 8.83. The first-order valence-corrected chi connectivity index (χ1v) is 10.2. The molecule has 1 aromatic carbocycles. The summed E-state index contributed by atoms with van der Waals surface area (Å²) in [6, 6.07) is 4.55. The van der Waals surface area contributed by atoms with Crippen LogP contribution in [0.25, 0.3) is 0 Å². The van der Waals surface area contributed by atoms with Crippen molar-refractivity contribution >= 4 is 15.7 Å². The van der Waals surface area contributed by atoms with Crippen molar-refractivity contribution < 1.29 is 22.0 Å². The van der Waals surface area contributed by atoms with E-state index in [2.05, 4.69) is 22.0 Å². The summed E-state index contributed by atoms with van der Waals surface area (Å²) < 4.78 is 47.7. The van der Waals surface area contributed by atoms with Gasteiger partial charge in [-0.05, 0) is 43.8 Å². The molecule has 0 saturated carbocycles. The third-order valence-electron chi connectivity index (χ3n) is 4.53. The number of nitrogens with zero attached hydrogens (tertiary/aromatic N) is 2. The highest BCUT2D eigenvalue weighted by molar-refractivity contribution is 7.91. The van der Waals surface area contributed by atoms with Crippen molar-refractivity contribution in [1.82, 2.24) is 15.1 Å². The summed E-state index contributed by atoms with van der Waals surface area (Å²) >= 11 is 0. The fourth-order valence-corrected chi connectivity index (χ4v) is 3.56. The van der Waals surface area contributed by atoms with Crippen LogP contribution in [-0.2, 0) is 9.84 Å². The van der Waals surface area contributed by atoms with E-state index >= 15 is 0 Å². The highest BCUT2D eigenvalue weighted by Crippen LogP contribution is 2.18. The van der Waals surface area contributed by atoms with Crippen molar-refractivity contribution in [2.24, 2.45) is 0 Å². The molecule has 1 saturated heterocycles. The Morgan fingerprint density at radius 2 is 1.69 bits per heavy atom. The first-order valence-electron chi connectivity index (χ1n) is 8.69. The predicted octanol–water partition coefficient (Wildman–Crippen LogP) is 1.44. The minimum Gasteiger partial charge on any atom is -0.352 e. The van der Waals surface area contributed by atoms with Gasteiger partial charge < -0.3 is 15.1 Å². The van der Waals surface area contributed by atoms with Crippen molar-refractivity contribution in [2.45, 2.75) is 24.0 Å². The number of hydrogen-bond donors (Lipinski definition) is 1. The van der Waals surface area contributed by atoms with Gasteiger partial charge in [0.1, 0.15) is 0 Å². The molecule has 146 valence electrons. The van der Waals surface area contributed by atoms with E-state index in [1.165, 1.54) is 12.1 Å². The van der Waals surface area contributed by atoms with Crippen LogP contribution in [0.1, 0.15) is 23.7 Å². The number of likely N-dealkylation sites (N-methyl/N-ethyl adjacent to an activating group) is 1. The van der Waals surface area contributed by atoms with Crippen LogP contribution >= 0.6 is 0 Å². The van der Waals surface area contributed by atoms with Gasteiger partial charge in [-0.2, -0.15) is 8.78 Å². The zero-order valence-electron chi connectivity index (χ0n) is 14.8. The number of amides is 1. The normalized spacial score (nSPS) is 16.8. The molecule has 1 aliphatic rings. The molecule has 1 amide bonds. The topological polar surface area (TPSA) is 69.7 Å². The molecule has 1 N–H and O–H groups in total. The minimum atomic E-state index is -4.63. The summed E-state index contributed by atoms with van der Waals surface area (Å²) in [6.07, 6.45) is 0.815. The van der Waals surface area contributed by atoms with Crippen LogP contribution < -0.4 is 5.32 Å². The van der Waals surface area contributed by atoms with Gasteiger partial charge in [0.25, 0.3) is 5.91 Å². The molecular formula is C17H25F2N3O3S. The second-order valence-electron chi connectivity index (χ2n) is 6.22. The van der Waals surface area contributed by atoms with E-state index in [0.717, 1.165) is 57.8 Å². The average Bonchev–Trinajstić information content (AvgIpc) is 2.65. The predicted molar refractivity (Wildman–Crippen MR) is 95.1 cm³/mol. The molecule has 26 heavy (non-hydrogen) atoms. The number of piperazine rings is 1. The van der Waals surface area contributed by atoms with Crippen LogP contribution in [0.5, 0.6) is 0 Å². The Labute approximate surface area is 153 Å². The van der Waals surface area contributed by atoms with E-state index in [1.54, 1.807) is 0 Å². The second-order valence-corrected chi connectivity index (χ2v) is 8.13. The molecule has 0 aromatic heterocycles. The van der Waals surface area contributed by atoms with Crippen LogP contribution in [0, 0.1) is 0 Å². The van der Waals surface area contributed by atoms with E-state index in [4.69, 9.17) is 0 Å². The zero-order valence-corrected chi connectivity index (χ0v) is 15.6. The Hall–Kier alpha value is -1.58. The van der Waals surface area contributed by atoms with Gasteiger partial charge in [-0.1, -0.05) is 6.92 Å². The lowest BCUT2D eigenvalue weighted by atomic mass is 10.2. The molecule has 0 spiro atoms. The van der Waals surface area contributed by atoms with E-state index in [9.17, 15) is 22.0 Å². The van der Waals surface area contributed by atoms with Crippen LogP contribution in [0.4, 0.5) is 8.78 Å². The molecule has 0 bridgehead atoms. The average molecular weight is 389 g/mol. The molecule has 6 nitrogen and oxygen atoms in total. The Bertz CT molecular complexity index is 688.